The first kappa shape index (κ1) is 28.5. The Hall–Kier alpha value is -4.50. The van der Waals surface area contributed by atoms with Gasteiger partial charge in [0.1, 0.15) is 23.7 Å². The van der Waals surface area contributed by atoms with Gasteiger partial charge in [0.15, 0.2) is 11.5 Å². The Morgan fingerprint density at radius 2 is 1.62 bits per heavy atom. The molecule has 0 unspecified atom stereocenters. The SMILES string of the molecule is CCOc1ccc(OCC)c(N2C(=O)NC(=O)/C(=C\c3cc(Cl)c(OCc4ccc(C)cc4)c(OC)c3)C2=O)c1. The van der Waals surface area contributed by atoms with Gasteiger partial charge in [-0.05, 0) is 62.2 Å². The van der Waals surface area contributed by atoms with Gasteiger partial charge in [-0.3, -0.25) is 14.9 Å². The van der Waals surface area contributed by atoms with E-state index < -0.39 is 17.8 Å². The fourth-order valence-electron chi connectivity index (χ4n) is 4.05. The molecular formula is C30H29ClN2O7. The lowest BCUT2D eigenvalue weighted by atomic mass is 10.1. The van der Waals surface area contributed by atoms with E-state index in [9.17, 15) is 14.4 Å². The van der Waals surface area contributed by atoms with Crippen LogP contribution in [0.4, 0.5) is 10.5 Å². The number of anilines is 1. The molecule has 10 heteroatoms. The van der Waals surface area contributed by atoms with Gasteiger partial charge in [-0.25, -0.2) is 9.69 Å². The van der Waals surface area contributed by atoms with Crippen molar-refractivity contribution in [2.45, 2.75) is 27.4 Å². The standard InChI is InChI=1S/C30H29ClN2O7/c1-5-38-21-11-12-25(39-6-2)24(16-21)33-29(35)22(28(34)32-30(33)36)13-20-14-23(31)27(26(15-20)37-4)40-17-19-9-7-18(3)8-10-19/h7-16H,5-6,17H2,1-4H3,(H,32,34,36)/b22-13+. The van der Waals surface area contributed by atoms with Crippen LogP contribution in [-0.2, 0) is 16.2 Å². The third kappa shape index (κ3) is 6.21. The molecular weight excluding hydrogens is 536 g/mol. The van der Waals surface area contributed by atoms with E-state index in [2.05, 4.69) is 5.32 Å². The zero-order valence-corrected chi connectivity index (χ0v) is 23.3. The molecule has 1 heterocycles. The Morgan fingerprint density at radius 1 is 0.900 bits per heavy atom. The Labute approximate surface area is 237 Å². The van der Waals surface area contributed by atoms with Crippen molar-refractivity contribution < 1.29 is 33.3 Å². The maximum atomic E-state index is 13.6. The van der Waals surface area contributed by atoms with Gasteiger partial charge in [0, 0.05) is 6.07 Å². The van der Waals surface area contributed by atoms with Gasteiger partial charge in [-0.2, -0.15) is 0 Å². The van der Waals surface area contributed by atoms with Crippen LogP contribution in [0.1, 0.15) is 30.5 Å². The van der Waals surface area contributed by atoms with Crippen molar-refractivity contribution in [3.05, 3.63) is 81.9 Å². The van der Waals surface area contributed by atoms with Crippen LogP contribution in [0.3, 0.4) is 0 Å². The Balaban J connectivity index is 1.67. The fourth-order valence-corrected chi connectivity index (χ4v) is 4.33. The van der Waals surface area contributed by atoms with Gasteiger partial charge in [-0.1, -0.05) is 41.4 Å². The molecule has 3 aromatic carbocycles. The maximum absolute atomic E-state index is 13.6. The first-order valence-corrected chi connectivity index (χ1v) is 13.0. The number of urea groups is 1. The summed E-state index contributed by atoms with van der Waals surface area (Å²) >= 11 is 6.53. The number of rotatable bonds is 10. The van der Waals surface area contributed by atoms with Crippen molar-refractivity contribution in [1.29, 1.82) is 0 Å². The van der Waals surface area contributed by atoms with Gasteiger partial charge in [0.05, 0.1) is 31.0 Å². The van der Waals surface area contributed by atoms with Crippen molar-refractivity contribution >= 4 is 41.2 Å². The lowest BCUT2D eigenvalue weighted by molar-refractivity contribution is -0.122. The number of benzene rings is 3. The minimum atomic E-state index is -0.905. The average Bonchev–Trinajstić information content (AvgIpc) is 2.92. The molecule has 0 spiro atoms. The van der Waals surface area contributed by atoms with Gasteiger partial charge in [0.2, 0.25) is 0 Å². The van der Waals surface area contributed by atoms with Crippen molar-refractivity contribution in [1.82, 2.24) is 5.32 Å². The van der Waals surface area contributed by atoms with Crippen LogP contribution in [0, 0.1) is 6.92 Å². The number of carbonyl (C=O) groups excluding carboxylic acids is 3. The lowest BCUT2D eigenvalue weighted by Gasteiger charge is -2.28. The monoisotopic (exact) mass is 564 g/mol. The largest absolute Gasteiger partial charge is 0.494 e. The number of ether oxygens (including phenoxy) is 4. The Bertz CT molecular complexity index is 1470. The van der Waals surface area contributed by atoms with E-state index in [1.54, 1.807) is 31.2 Å². The highest BCUT2D eigenvalue weighted by Gasteiger charge is 2.38. The van der Waals surface area contributed by atoms with Gasteiger partial charge in [-0.15, -0.1) is 0 Å². The van der Waals surface area contributed by atoms with Gasteiger partial charge < -0.3 is 18.9 Å². The average molecular weight is 565 g/mol. The Morgan fingerprint density at radius 3 is 2.30 bits per heavy atom. The number of nitrogens with zero attached hydrogens (tertiary/aromatic N) is 1. The first-order chi connectivity index (χ1) is 19.2. The van der Waals surface area contributed by atoms with Crippen LogP contribution in [0.25, 0.3) is 6.08 Å². The molecule has 3 aromatic rings. The number of carbonyl (C=O) groups is 3. The van der Waals surface area contributed by atoms with E-state index in [4.69, 9.17) is 30.5 Å². The molecule has 1 saturated heterocycles. The van der Waals surface area contributed by atoms with E-state index in [1.807, 2.05) is 38.1 Å². The van der Waals surface area contributed by atoms with E-state index in [0.29, 0.717) is 36.0 Å². The summed E-state index contributed by atoms with van der Waals surface area (Å²) in [5.74, 6) is -0.342. The van der Waals surface area contributed by atoms with Crippen LogP contribution >= 0.6 is 11.6 Å². The zero-order valence-electron chi connectivity index (χ0n) is 22.6. The molecule has 4 amide bonds. The van der Waals surface area contributed by atoms with Gasteiger partial charge >= 0.3 is 6.03 Å². The molecule has 1 aliphatic heterocycles. The number of imide groups is 2. The third-order valence-corrected chi connectivity index (χ3v) is 6.23. The fraction of sp³-hybridized carbons (Fsp3) is 0.233. The number of halogens is 1. The molecule has 0 bridgehead atoms. The number of methoxy groups -OCH3 is 1. The summed E-state index contributed by atoms with van der Waals surface area (Å²) in [4.78, 5) is 40.0. The topological polar surface area (TPSA) is 103 Å². The zero-order chi connectivity index (χ0) is 28.8. The summed E-state index contributed by atoms with van der Waals surface area (Å²) in [5.41, 5.74) is 2.34. The number of hydrogen-bond acceptors (Lipinski definition) is 7. The number of nitrogens with one attached hydrogen (secondary N) is 1. The number of barbiturate groups is 1. The highest BCUT2D eigenvalue weighted by molar-refractivity contribution is 6.39. The minimum absolute atomic E-state index is 0.143. The molecule has 4 rings (SSSR count). The van der Waals surface area contributed by atoms with Crippen molar-refractivity contribution in [3.8, 4) is 23.0 Å². The summed E-state index contributed by atoms with van der Waals surface area (Å²) in [6.45, 7) is 6.52. The minimum Gasteiger partial charge on any atom is -0.494 e. The lowest BCUT2D eigenvalue weighted by Crippen LogP contribution is -2.54. The predicted octanol–water partition coefficient (Wildman–Crippen LogP) is 5.70. The van der Waals surface area contributed by atoms with Crippen molar-refractivity contribution in [2.24, 2.45) is 0 Å². The molecule has 0 saturated carbocycles. The van der Waals surface area contributed by atoms with E-state index in [1.165, 1.54) is 19.3 Å². The highest BCUT2D eigenvalue weighted by atomic mass is 35.5. The van der Waals surface area contributed by atoms with Crippen LogP contribution in [-0.4, -0.2) is 38.2 Å². The molecule has 0 atom stereocenters. The summed E-state index contributed by atoms with van der Waals surface area (Å²) in [6.07, 6.45) is 1.34. The maximum Gasteiger partial charge on any atom is 0.336 e. The van der Waals surface area contributed by atoms with Crippen LogP contribution < -0.4 is 29.2 Å². The highest BCUT2D eigenvalue weighted by Crippen LogP contribution is 2.39. The molecule has 1 fully saturated rings. The van der Waals surface area contributed by atoms with E-state index in [0.717, 1.165) is 16.0 Å². The molecule has 208 valence electrons. The van der Waals surface area contributed by atoms with E-state index >= 15 is 0 Å². The van der Waals surface area contributed by atoms with Crippen LogP contribution in [0.2, 0.25) is 5.02 Å². The second kappa shape index (κ2) is 12.6. The number of hydrogen-bond donors (Lipinski definition) is 1. The quantitative estimate of drug-likeness (QED) is 0.249. The summed E-state index contributed by atoms with van der Waals surface area (Å²) in [6, 6.07) is 14.9. The van der Waals surface area contributed by atoms with Crippen LogP contribution in [0.15, 0.2) is 60.2 Å². The first-order valence-electron chi connectivity index (χ1n) is 12.6. The van der Waals surface area contributed by atoms with Crippen LogP contribution in [0.5, 0.6) is 23.0 Å². The number of aryl methyl sites for hydroxylation is 1. The summed E-state index contributed by atoms with van der Waals surface area (Å²) < 4.78 is 22.6. The molecule has 0 aromatic heterocycles. The summed E-state index contributed by atoms with van der Waals surface area (Å²) in [7, 11) is 1.46. The second-order valence-electron chi connectivity index (χ2n) is 8.76. The normalized spacial score (nSPS) is 14.3. The van der Waals surface area contributed by atoms with Crippen molar-refractivity contribution in [3.63, 3.8) is 0 Å². The predicted molar refractivity (Wildman–Crippen MR) is 151 cm³/mol. The number of amides is 4. The molecule has 40 heavy (non-hydrogen) atoms. The molecule has 0 radical (unpaired) electrons. The summed E-state index contributed by atoms with van der Waals surface area (Å²) in [5, 5.41) is 2.44. The Kier molecular flexibility index (Phi) is 8.96. The molecule has 0 aliphatic carbocycles. The smallest absolute Gasteiger partial charge is 0.336 e. The second-order valence-corrected chi connectivity index (χ2v) is 9.17. The molecule has 1 N–H and O–H groups in total. The third-order valence-electron chi connectivity index (χ3n) is 5.95. The molecule has 9 nitrogen and oxygen atoms in total. The molecule has 1 aliphatic rings. The van der Waals surface area contributed by atoms with Crippen molar-refractivity contribution in [2.75, 3.05) is 25.2 Å². The van der Waals surface area contributed by atoms with E-state index in [-0.39, 0.29) is 28.6 Å². The van der Waals surface area contributed by atoms with Gasteiger partial charge in [0.25, 0.3) is 11.8 Å².